The second-order valence-corrected chi connectivity index (χ2v) is 1.68. The van der Waals surface area contributed by atoms with Gasteiger partial charge in [0.2, 0.25) is 0 Å². The van der Waals surface area contributed by atoms with Crippen LogP contribution >= 0.6 is 0 Å². The average molecular weight is 108 g/mol. The van der Waals surface area contributed by atoms with Gasteiger partial charge in [-0.2, -0.15) is 0 Å². The van der Waals surface area contributed by atoms with Gasteiger partial charge >= 0.3 is 0 Å². The van der Waals surface area contributed by atoms with Gasteiger partial charge < -0.3 is 0 Å². The van der Waals surface area contributed by atoms with Crippen LogP contribution in [0.25, 0.3) is 0 Å². The van der Waals surface area contributed by atoms with Crippen LogP contribution < -0.4 is 0 Å². The summed E-state index contributed by atoms with van der Waals surface area (Å²) in [6.07, 6.45) is 7.10. The summed E-state index contributed by atoms with van der Waals surface area (Å²) in [6, 6.07) is 0.289. The largest absolute Gasteiger partial charge is 0.284 e. The van der Waals surface area contributed by atoms with Gasteiger partial charge in [0.05, 0.1) is 6.04 Å². The molecule has 0 fully saturated rings. The van der Waals surface area contributed by atoms with Gasteiger partial charge in [0.15, 0.2) is 0 Å². The molecule has 0 amide bonds. The van der Waals surface area contributed by atoms with E-state index in [4.69, 9.17) is 0 Å². The first-order valence-corrected chi connectivity index (χ1v) is 2.61. The van der Waals surface area contributed by atoms with Gasteiger partial charge in [0.25, 0.3) is 0 Å². The van der Waals surface area contributed by atoms with Crippen LogP contribution in [-0.2, 0) is 0 Å². The first-order chi connectivity index (χ1) is 3.89. The minimum absolute atomic E-state index is 0.289. The molecular formula is C6H8N2. The number of nitrogens with zero attached hydrogens (tertiary/aromatic N) is 2. The molecule has 8 heavy (non-hydrogen) atoms. The summed E-state index contributed by atoms with van der Waals surface area (Å²) in [7, 11) is 0. The van der Waals surface area contributed by atoms with Crippen molar-refractivity contribution in [3.63, 3.8) is 0 Å². The molecule has 1 atom stereocenters. The summed E-state index contributed by atoms with van der Waals surface area (Å²) in [5.41, 5.74) is 0. The van der Waals surface area contributed by atoms with Crippen molar-refractivity contribution < 1.29 is 0 Å². The Morgan fingerprint density at radius 3 is 3.12 bits per heavy atom. The SMILES string of the molecule is CC1C=CN=CC=N1. The topological polar surface area (TPSA) is 24.7 Å². The molecule has 1 unspecified atom stereocenters. The predicted molar refractivity (Wildman–Crippen MR) is 35.6 cm³/mol. The zero-order chi connectivity index (χ0) is 5.82. The Balaban J connectivity index is 2.66. The molecule has 0 aromatic rings. The van der Waals surface area contributed by atoms with Crippen molar-refractivity contribution in [3.8, 4) is 0 Å². The monoisotopic (exact) mass is 108 g/mol. The van der Waals surface area contributed by atoms with Gasteiger partial charge in [-0.3, -0.25) is 9.98 Å². The maximum atomic E-state index is 4.06. The molecule has 1 aliphatic rings. The molecule has 0 N–H and O–H groups in total. The minimum Gasteiger partial charge on any atom is -0.284 e. The molecule has 0 aromatic carbocycles. The smallest absolute Gasteiger partial charge is 0.0670 e. The van der Waals surface area contributed by atoms with Crippen LogP contribution in [0.2, 0.25) is 0 Å². The average Bonchev–Trinajstić information content (AvgIpc) is 1.94. The maximum absolute atomic E-state index is 4.06. The van der Waals surface area contributed by atoms with E-state index in [9.17, 15) is 0 Å². The summed E-state index contributed by atoms with van der Waals surface area (Å²) in [6.45, 7) is 2.02. The molecule has 0 saturated carbocycles. The molecule has 0 aromatic heterocycles. The van der Waals surface area contributed by atoms with Crippen molar-refractivity contribution in [2.45, 2.75) is 13.0 Å². The van der Waals surface area contributed by atoms with Crippen LogP contribution in [0.4, 0.5) is 0 Å². The standard InChI is InChI=1S/C6H8N2/c1-6-2-3-7-4-5-8-6/h2-6H,1H3. The van der Waals surface area contributed by atoms with Crippen molar-refractivity contribution in [3.05, 3.63) is 12.3 Å². The van der Waals surface area contributed by atoms with Gasteiger partial charge in [0, 0.05) is 18.6 Å². The van der Waals surface area contributed by atoms with E-state index in [2.05, 4.69) is 9.98 Å². The van der Waals surface area contributed by atoms with E-state index in [1.165, 1.54) is 0 Å². The van der Waals surface area contributed by atoms with E-state index in [1.54, 1.807) is 18.6 Å². The fraction of sp³-hybridized carbons (Fsp3) is 0.333. The zero-order valence-corrected chi connectivity index (χ0v) is 4.78. The Morgan fingerprint density at radius 2 is 2.25 bits per heavy atom. The third-order valence-electron chi connectivity index (χ3n) is 0.925. The molecule has 0 saturated heterocycles. The lowest BCUT2D eigenvalue weighted by molar-refractivity contribution is 0.934. The van der Waals surface area contributed by atoms with Crippen LogP contribution in [0.1, 0.15) is 6.92 Å². The van der Waals surface area contributed by atoms with Crippen molar-refractivity contribution in [1.29, 1.82) is 0 Å². The lowest BCUT2D eigenvalue weighted by Crippen LogP contribution is -1.89. The number of rotatable bonds is 0. The fourth-order valence-electron chi connectivity index (χ4n) is 0.486. The molecular weight excluding hydrogens is 100 g/mol. The first kappa shape index (κ1) is 5.22. The molecule has 0 bridgehead atoms. The maximum Gasteiger partial charge on any atom is 0.0670 e. The highest BCUT2D eigenvalue weighted by atomic mass is 14.8. The summed E-state index contributed by atoms with van der Waals surface area (Å²) < 4.78 is 0. The van der Waals surface area contributed by atoms with E-state index < -0.39 is 0 Å². The summed E-state index contributed by atoms with van der Waals surface area (Å²) >= 11 is 0. The second-order valence-electron chi connectivity index (χ2n) is 1.68. The molecule has 2 nitrogen and oxygen atoms in total. The predicted octanol–water partition coefficient (Wildman–Crippen LogP) is 1.04. The molecule has 0 aliphatic carbocycles. The van der Waals surface area contributed by atoms with E-state index in [-0.39, 0.29) is 6.04 Å². The van der Waals surface area contributed by atoms with E-state index >= 15 is 0 Å². The van der Waals surface area contributed by atoms with Crippen LogP contribution in [-0.4, -0.2) is 18.5 Å². The first-order valence-electron chi connectivity index (χ1n) is 2.61. The van der Waals surface area contributed by atoms with E-state index in [0.717, 1.165) is 0 Å². The van der Waals surface area contributed by atoms with Gasteiger partial charge in [-0.1, -0.05) is 0 Å². The normalized spacial score (nSPS) is 25.9. The molecule has 2 heteroatoms. The highest BCUT2D eigenvalue weighted by Gasteiger charge is 1.88. The van der Waals surface area contributed by atoms with Crippen LogP contribution in [0, 0.1) is 0 Å². The Bertz CT molecular complexity index is 129. The highest BCUT2D eigenvalue weighted by Crippen LogP contribution is 1.92. The third-order valence-corrected chi connectivity index (χ3v) is 0.925. The highest BCUT2D eigenvalue weighted by molar-refractivity contribution is 6.16. The summed E-state index contributed by atoms with van der Waals surface area (Å²) in [5, 5.41) is 0. The van der Waals surface area contributed by atoms with Gasteiger partial charge in [-0.15, -0.1) is 0 Å². The van der Waals surface area contributed by atoms with Crippen LogP contribution in [0.5, 0.6) is 0 Å². The van der Waals surface area contributed by atoms with E-state index in [0.29, 0.717) is 0 Å². The van der Waals surface area contributed by atoms with E-state index in [1.807, 2.05) is 13.0 Å². The van der Waals surface area contributed by atoms with Gasteiger partial charge in [-0.25, -0.2) is 0 Å². The lowest BCUT2D eigenvalue weighted by atomic mass is 10.3. The quantitative estimate of drug-likeness (QED) is 0.443. The van der Waals surface area contributed by atoms with Crippen LogP contribution in [0.3, 0.4) is 0 Å². The minimum atomic E-state index is 0.289. The second kappa shape index (κ2) is 2.40. The molecule has 0 spiro atoms. The zero-order valence-electron chi connectivity index (χ0n) is 4.78. The fourth-order valence-corrected chi connectivity index (χ4v) is 0.486. The number of hydrogen-bond acceptors (Lipinski definition) is 2. The summed E-state index contributed by atoms with van der Waals surface area (Å²) in [4.78, 5) is 7.93. The van der Waals surface area contributed by atoms with Crippen molar-refractivity contribution >= 4 is 12.4 Å². The van der Waals surface area contributed by atoms with Crippen molar-refractivity contribution in [1.82, 2.24) is 0 Å². The number of hydrogen-bond donors (Lipinski definition) is 0. The number of aliphatic imine (C=N–C) groups is 2. The molecule has 1 heterocycles. The van der Waals surface area contributed by atoms with Gasteiger partial charge in [-0.05, 0) is 13.0 Å². The Labute approximate surface area is 48.7 Å². The molecule has 1 rings (SSSR count). The molecule has 0 radical (unpaired) electrons. The molecule has 1 aliphatic heterocycles. The Hall–Kier alpha value is -0.920. The Kier molecular flexibility index (Phi) is 1.57. The van der Waals surface area contributed by atoms with Gasteiger partial charge in [0.1, 0.15) is 0 Å². The molecule has 42 valence electrons. The van der Waals surface area contributed by atoms with Crippen molar-refractivity contribution in [2.24, 2.45) is 9.98 Å². The lowest BCUT2D eigenvalue weighted by Gasteiger charge is -1.90. The Morgan fingerprint density at radius 1 is 1.38 bits per heavy atom. The third kappa shape index (κ3) is 1.30. The van der Waals surface area contributed by atoms with Crippen molar-refractivity contribution in [2.75, 3.05) is 0 Å². The summed E-state index contributed by atoms with van der Waals surface area (Å²) in [5.74, 6) is 0. The van der Waals surface area contributed by atoms with Crippen LogP contribution in [0.15, 0.2) is 22.3 Å².